The van der Waals surface area contributed by atoms with Gasteiger partial charge in [-0.3, -0.25) is 0 Å². The van der Waals surface area contributed by atoms with Crippen LogP contribution in [0.2, 0.25) is 5.02 Å². The average molecular weight is 258 g/mol. The van der Waals surface area contributed by atoms with Crippen LogP contribution >= 0.6 is 11.6 Å². The van der Waals surface area contributed by atoms with Gasteiger partial charge >= 0.3 is 6.61 Å². The lowest BCUT2D eigenvalue weighted by molar-refractivity contribution is -0.0512. The fourth-order valence-corrected chi connectivity index (χ4v) is 1.30. The zero-order valence-corrected chi connectivity index (χ0v) is 8.60. The molecule has 0 aliphatic carbocycles. The first-order valence-electron chi connectivity index (χ1n) is 4.20. The molecule has 1 rings (SSSR count). The molecule has 0 heterocycles. The van der Waals surface area contributed by atoms with Crippen LogP contribution in [-0.2, 0) is 0 Å². The van der Waals surface area contributed by atoms with Crippen LogP contribution in [0, 0.1) is 0 Å². The summed E-state index contributed by atoms with van der Waals surface area (Å²) in [6.45, 7) is -3.11. The molecule has 7 heteroatoms. The maximum Gasteiger partial charge on any atom is 0.387 e. The Morgan fingerprint density at radius 3 is 2.31 bits per heavy atom. The molecule has 1 unspecified atom stereocenters. The second kappa shape index (κ2) is 5.36. The highest BCUT2D eigenvalue weighted by molar-refractivity contribution is 6.30. The van der Waals surface area contributed by atoms with Crippen LogP contribution in [0.1, 0.15) is 11.6 Å². The summed E-state index contributed by atoms with van der Waals surface area (Å²) in [6.07, 6.45) is -2.89. The summed E-state index contributed by atoms with van der Waals surface area (Å²) < 4.78 is 52.7. The highest BCUT2D eigenvalue weighted by Gasteiger charge is 2.23. The molecule has 0 saturated carbocycles. The monoisotopic (exact) mass is 257 g/mol. The fourth-order valence-electron chi connectivity index (χ4n) is 1.12. The first kappa shape index (κ1) is 13.1. The maximum absolute atomic E-state index is 12.4. The fraction of sp³-hybridized carbons (Fsp3) is 0.333. The molecule has 0 aliphatic rings. The lowest BCUT2D eigenvalue weighted by Gasteiger charge is -2.16. The number of alkyl halides is 4. The molecule has 0 aliphatic heterocycles. The summed E-state index contributed by atoms with van der Waals surface area (Å²) in [4.78, 5) is 0. The second-order valence-electron chi connectivity index (χ2n) is 2.92. The molecule has 0 fully saturated rings. The third-order valence-electron chi connectivity index (χ3n) is 1.82. The van der Waals surface area contributed by atoms with Gasteiger partial charge < -0.3 is 10.5 Å². The van der Waals surface area contributed by atoms with Crippen LogP contribution in [0.25, 0.3) is 0 Å². The molecule has 1 aromatic carbocycles. The van der Waals surface area contributed by atoms with E-state index in [-0.39, 0.29) is 10.6 Å². The zero-order valence-electron chi connectivity index (χ0n) is 7.84. The lowest BCUT2D eigenvalue weighted by Crippen LogP contribution is -2.20. The number of nitrogens with two attached hydrogens (primary N) is 1. The van der Waals surface area contributed by atoms with Gasteiger partial charge in [-0.2, -0.15) is 8.78 Å². The molecule has 1 atom stereocenters. The van der Waals surface area contributed by atoms with E-state index in [1.807, 2.05) is 0 Å². The molecule has 0 amide bonds. The SMILES string of the molecule is NC(c1cc(Cl)ccc1OC(F)F)C(F)F. The third-order valence-corrected chi connectivity index (χ3v) is 2.05. The zero-order chi connectivity index (χ0) is 12.3. The number of benzene rings is 1. The Kier molecular flexibility index (Phi) is 4.37. The minimum Gasteiger partial charge on any atom is -0.434 e. The second-order valence-corrected chi connectivity index (χ2v) is 3.36. The summed E-state index contributed by atoms with van der Waals surface area (Å²) in [5.74, 6) is -0.396. The van der Waals surface area contributed by atoms with Gasteiger partial charge in [-0.05, 0) is 18.2 Å². The molecule has 0 aromatic heterocycles. The highest BCUT2D eigenvalue weighted by atomic mass is 35.5. The van der Waals surface area contributed by atoms with Gasteiger partial charge in [0.25, 0.3) is 6.43 Å². The van der Waals surface area contributed by atoms with E-state index in [9.17, 15) is 17.6 Å². The summed E-state index contributed by atoms with van der Waals surface area (Å²) in [5, 5.41) is 0.118. The van der Waals surface area contributed by atoms with Crippen molar-refractivity contribution < 1.29 is 22.3 Å². The van der Waals surface area contributed by atoms with Crippen molar-refractivity contribution in [2.75, 3.05) is 0 Å². The van der Waals surface area contributed by atoms with E-state index in [1.54, 1.807) is 0 Å². The quantitative estimate of drug-likeness (QED) is 0.841. The maximum atomic E-state index is 12.4. The Morgan fingerprint density at radius 1 is 1.19 bits per heavy atom. The molecule has 0 radical (unpaired) electrons. The van der Waals surface area contributed by atoms with Gasteiger partial charge in [0.1, 0.15) is 5.75 Å². The third kappa shape index (κ3) is 3.24. The summed E-state index contributed by atoms with van der Waals surface area (Å²) in [6, 6.07) is 1.69. The van der Waals surface area contributed by atoms with Gasteiger partial charge in [-0.15, -0.1) is 0 Å². The molecule has 2 N–H and O–H groups in total. The van der Waals surface area contributed by atoms with Crippen molar-refractivity contribution in [1.82, 2.24) is 0 Å². The van der Waals surface area contributed by atoms with E-state index >= 15 is 0 Å². The largest absolute Gasteiger partial charge is 0.434 e. The smallest absolute Gasteiger partial charge is 0.387 e. The van der Waals surface area contributed by atoms with E-state index < -0.39 is 24.8 Å². The Bertz CT molecular complexity index is 361. The minimum absolute atomic E-state index is 0.118. The predicted molar refractivity (Wildman–Crippen MR) is 51.0 cm³/mol. The summed E-state index contributed by atoms with van der Waals surface area (Å²) >= 11 is 5.56. The average Bonchev–Trinajstić information content (AvgIpc) is 2.18. The van der Waals surface area contributed by atoms with Crippen molar-refractivity contribution in [1.29, 1.82) is 0 Å². The number of rotatable bonds is 4. The molecule has 0 spiro atoms. The van der Waals surface area contributed by atoms with E-state index in [4.69, 9.17) is 17.3 Å². The summed E-state index contributed by atoms with van der Waals surface area (Å²) in [5.41, 5.74) is 4.90. The van der Waals surface area contributed by atoms with Gasteiger partial charge in [0.05, 0.1) is 6.04 Å². The van der Waals surface area contributed by atoms with Crippen molar-refractivity contribution in [2.24, 2.45) is 5.73 Å². The number of hydrogen-bond donors (Lipinski definition) is 1. The standard InChI is InChI=1S/C9H8ClF4NO/c10-4-1-2-6(16-9(13)14)5(3-4)7(15)8(11)12/h1-3,7-9H,15H2. The molecule has 90 valence electrons. The topological polar surface area (TPSA) is 35.2 Å². The van der Waals surface area contributed by atoms with E-state index in [1.165, 1.54) is 6.07 Å². The van der Waals surface area contributed by atoms with Crippen molar-refractivity contribution in [3.05, 3.63) is 28.8 Å². The Morgan fingerprint density at radius 2 is 1.81 bits per heavy atom. The van der Waals surface area contributed by atoms with Crippen LogP contribution in [0.5, 0.6) is 5.75 Å². The molecule has 1 aromatic rings. The van der Waals surface area contributed by atoms with Gasteiger partial charge in [0, 0.05) is 10.6 Å². The van der Waals surface area contributed by atoms with Crippen LogP contribution in [0.4, 0.5) is 17.6 Å². The van der Waals surface area contributed by atoms with Crippen LogP contribution in [0.3, 0.4) is 0 Å². The Balaban J connectivity index is 3.07. The van der Waals surface area contributed by atoms with Crippen molar-refractivity contribution in [2.45, 2.75) is 19.1 Å². The minimum atomic E-state index is -3.11. The van der Waals surface area contributed by atoms with Crippen LogP contribution in [0.15, 0.2) is 18.2 Å². The lowest BCUT2D eigenvalue weighted by atomic mass is 10.1. The molecule has 2 nitrogen and oxygen atoms in total. The summed E-state index contributed by atoms with van der Waals surface area (Å²) in [7, 11) is 0. The Labute approximate surface area is 93.9 Å². The first-order chi connectivity index (χ1) is 7.41. The first-order valence-corrected chi connectivity index (χ1v) is 4.57. The molecule has 0 saturated heterocycles. The molecule has 0 bridgehead atoms. The Hall–Kier alpha value is -1.01. The number of ether oxygens (including phenoxy) is 1. The molecular formula is C9H8ClF4NO. The van der Waals surface area contributed by atoms with Gasteiger partial charge in [-0.1, -0.05) is 11.6 Å². The van der Waals surface area contributed by atoms with Crippen molar-refractivity contribution in [3.8, 4) is 5.75 Å². The van der Waals surface area contributed by atoms with Gasteiger partial charge in [-0.25, -0.2) is 8.78 Å². The predicted octanol–water partition coefficient (Wildman–Crippen LogP) is 3.21. The molecule has 16 heavy (non-hydrogen) atoms. The van der Waals surface area contributed by atoms with Crippen molar-refractivity contribution >= 4 is 11.6 Å². The van der Waals surface area contributed by atoms with E-state index in [0.29, 0.717) is 0 Å². The van der Waals surface area contributed by atoms with Gasteiger partial charge in [0.2, 0.25) is 0 Å². The van der Waals surface area contributed by atoms with Gasteiger partial charge in [0.15, 0.2) is 0 Å². The van der Waals surface area contributed by atoms with Crippen molar-refractivity contribution in [3.63, 3.8) is 0 Å². The van der Waals surface area contributed by atoms with Crippen LogP contribution < -0.4 is 10.5 Å². The van der Waals surface area contributed by atoms with E-state index in [0.717, 1.165) is 12.1 Å². The number of hydrogen-bond acceptors (Lipinski definition) is 2. The van der Waals surface area contributed by atoms with E-state index in [2.05, 4.69) is 4.74 Å². The normalized spacial score (nSPS) is 13.2. The highest BCUT2D eigenvalue weighted by Crippen LogP contribution is 2.31. The number of halogens is 5. The molecular weight excluding hydrogens is 250 g/mol. The van der Waals surface area contributed by atoms with Crippen LogP contribution in [-0.4, -0.2) is 13.0 Å².